The van der Waals surface area contributed by atoms with Gasteiger partial charge in [0.25, 0.3) is 19.7 Å². The molecule has 0 rings (SSSR count). The van der Waals surface area contributed by atoms with Gasteiger partial charge in [0.2, 0.25) is 0 Å². The van der Waals surface area contributed by atoms with Gasteiger partial charge in [-0.15, -0.1) is 0 Å². The third-order valence-electron chi connectivity index (χ3n) is 2.88. The van der Waals surface area contributed by atoms with Crippen LogP contribution in [0, 0.1) is 0 Å². The molecule has 144 valence electrons. The largest absolute Gasteiger partial charge is 0.498 e. The van der Waals surface area contributed by atoms with Crippen LogP contribution in [-0.2, 0) is 24.4 Å². The molecular weight excluding hydrogens is 390 g/mol. The third kappa shape index (κ3) is 5.26. The van der Waals surface area contributed by atoms with Gasteiger partial charge in [0, 0.05) is 0 Å². The number of sulfone groups is 2. The molecule has 0 amide bonds. The molecule has 0 bridgehead atoms. The van der Waals surface area contributed by atoms with Crippen molar-refractivity contribution in [1.29, 1.82) is 0 Å². The molecule has 0 saturated carbocycles. The quantitative estimate of drug-likeness (QED) is 0.457. The molecule has 5 nitrogen and oxygen atoms in total. The van der Waals surface area contributed by atoms with E-state index in [2.05, 4.69) is 6.58 Å². The molecular formula is C11H16F6O5S2. The standard InChI is InChI=1S/C11H16F6O5S2/c1-4-8(22-7(2)3)5-6-9(23(18,19)10(12,13)14)24(20,21)11(15,16)17/h8-9H,2,4-6H2,1,3H3. The highest BCUT2D eigenvalue weighted by molar-refractivity contribution is 8.09. The lowest BCUT2D eigenvalue weighted by molar-refractivity contribution is -0.0474. The number of halogens is 6. The third-order valence-corrected chi connectivity index (χ3v) is 7.55. The fourth-order valence-electron chi connectivity index (χ4n) is 1.73. The maximum absolute atomic E-state index is 12.6. The second-order valence-electron chi connectivity index (χ2n) is 4.84. The Morgan fingerprint density at radius 3 is 1.58 bits per heavy atom. The number of ether oxygens (including phenoxy) is 1. The summed E-state index contributed by atoms with van der Waals surface area (Å²) in [5, 5.41) is 0. The van der Waals surface area contributed by atoms with Crippen LogP contribution in [0.1, 0.15) is 33.1 Å². The first-order valence-electron chi connectivity index (χ1n) is 6.41. The van der Waals surface area contributed by atoms with Crippen molar-refractivity contribution in [1.82, 2.24) is 0 Å². The van der Waals surface area contributed by atoms with Crippen molar-refractivity contribution in [2.75, 3.05) is 0 Å². The van der Waals surface area contributed by atoms with E-state index in [-0.39, 0.29) is 12.2 Å². The molecule has 0 saturated heterocycles. The first-order chi connectivity index (χ1) is 10.5. The number of alkyl halides is 6. The molecule has 24 heavy (non-hydrogen) atoms. The second-order valence-corrected chi connectivity index (χ2v) is 9.38. The Bertz CT molecular complexity index is 603. The molecule has 0 aliphatic heterocycles. The fraction of sp³-hybridized carbons (Fsp3) is 0.818. The lowest BCUT2D eigenvalue weighted by Gasteiger charge is -2.23. The van der Waals surface area contributed by atoms with E-state index in [4.69, 9.17) is 4.74 Å². The van der Waals surface area contributed by atoms with Gasteiger partial charge in [0.15, 0.2) is 4.58 Å². The van der Waals surface area contributed by atoms with Gasteiger partial charge in [-0.1, -0.05) is 13.5 Å². The Morgan fingerprint density at radius 2 is 1.33 bits per heavy atom. The maximum atomic E-state index is 12.6. The topological polar surface area (TPSA) is 77.5 Å². The first kappa shape index (κ1) is 23.0. The van der Waals surface area contributed by atoms with E-state index in [0.717, 1.165) is 0 Å². The summed E-state index contributed by atoms with van der Waals surface area (Å²) < 4.78 is 122. The van der Waals surface area contributed by atoms with E-state index in [1.54, 1.807) is 0 Å². The van der Waals surface area contributed by atoms with Crippen molar-refractivity contribution in [3.8, 4) is 0 Å². The van der Waals surface area contributed by atoms with E-state index >= 15 is 0 Å². The number of hydrogen-bond acceptors (Lipinski definition) is 5. The van der Waals surface area contributed by atoms with Gasteiger partial charge < -0.3 is 4.74 Å². The van der Waals surface area contributed by atoms with Gasteiger partial charge in [-0.25, -0.2) is 16.8 Å². The zero-order chi connectivity index (χ0) is 19.6. The first-order valence-corrected chi connectivity index (χ1v) is 9.50. The summed E-state index contributed by atoms with van der Waals surface area (Å²) in [6, 6.07) is 0. The molecule has 1 unspecified atom stereocenters. The minimum atomic E-state index is -6.60. The van der Waals surface area contributed by atoms with Crippen LogP contribution >= 0.6 is 0 Å². The van der Waals surface area contributed by atoms with Crippen LogP contribution in [0.5, 0.6) is 0 Å². The Kier molecular flexibility index (Phi) is 7.19. The van der Waals surface area contributed by atoms with Gasteiger partial charge in [-0.3, -0.25) is 0 Å². The molecule has 0 aromatic heterocycles. The predicted molar refractivity (Wildman–Crippen MR) is 72.9 cm³/mol. The van der Waals surface area contributed by atoms with Crippen molar-refractivity contribution >= 4 is 19.7 Å². The van der Waals surface area contributed by atoms with E-state index < -0.39 is 54.2 Å². The van der Waals surface area contributed by atoms with Crippen LogP contribution in [0.2, 0.25) is 0 Å². The molecule has 1 atom stereocenters. The molecule has 0 aliphatic rings. The van der Waals surface area contributed by atoms with Crippen molar-refractivity contribution in [3.63, 3.8) is 0 Å². The average Bonchev–Trinajstić information content (AvgIpc) is 2.33. The van der Waals surface area contributed by atoms with E-state index in [1.165, 1.54) is 13.8 Å². The SMILES string of the molecule is C=C(C)OC(CC)CCC(S(=O)(=O)C(F)(F)F)S(=O)(=O)C(F)(F)F. The lowest BCUT2D eigenvalue weighted by Crippen LogP contribution is -2.45. The average molecular weight is 406 g/mol. The Balaban J connectivity index is 5.83. The van der Waals surface area contributed by atoms with E-state index in [1.807, 2.05) is 0 Å². The zero-order valence-corrected chi connectivity index (χ0v) is 14.2. The Morgan fingerprint density at radius 1 is 0.958 bits per heavy atom. The van der Waals surface area contributed by atoms with E-state index in [9.17, 15) is 43.2 Å². The summed E-state index contributed by atoms with van der Waals surface area (Å²) in [5.74, 6) is 0.0933. The molecule has 0 aliphatic carbocycles. The van der Waals surface area contributed by atoms with Gasteiger partial charge >= 0.3 is 11.0 Å². The molecule has 0 radical (unpaired) electrons. The van der Waals surface area contributed by atoms with Gasteiger partial charge in [0.1, 0.15) is 0 Å². The lowest BCUT2D eigenvalue weighted by atomic mass is 10.1. The monoisotopic (exact) mass is 406 g/mol. The normalized spacial score (nSPS) is 15.4. The molecule has 0 aromatic rings. The van der Waals surface area contributed by atoms with Crippen LogP contribution in [0.3, 0.4) is 0 Å². The van der Waals surface area contributed by atoms with Crippen molar-refractivity contribution in [2.45, 2.75) is 54.8 Å². The smallest absolute Gasteiger partial charge is 0.496 e. The van der Waals surface area contributed by atoms with Crippen LogP contribution in [0.4, 0.5) is 26.3 Å². The summed E-state index contributed by atoms with van der Waals surface area (Å²) >= 11 is 0. The number of hydrogen-bond donors (Lipinski definition) is 0. The van der Waals surface area contributed by atoms with Gasteiger partial charge in [-0.2, -0.15) is 26.3 Å². The van der Waals surface area contributed by atoms with Crippen LogP contribution in [0.25, 0.3) is 0 Å². The molecule has 0 aromatic carbocycles. The van der Waals surface area contributed by atoms with Crippen molar-refractivity contribution < 1.29 is 47.9 Å². The number of rotatable bonds is 8. The molecule has 0 spiro atoms. The molecule has 0 heterocycles. The summed E-state index contributed by atoms with van der Waals surface area (Å²) in [7, 11) is -13.2. The summed E-state index contributed by atoms with van der Waals surface area (Å²) in [6.45, 7) is 6.16. The minimum Gasteiger partial charge on any atom is -0.496 e. The highest BCUT2D eigenvalue weighted by atomic mass is 32.3. The maximum Gasteiger partial charge on any atom is 0.498 e. The highest BCUT2D eigenvalue weighted by Crippen LogP contribution is 2.38. The molecule has 0 fully saturated rings. The number of allylic oxidation sites excluding steroid dienone is 1. The predicted octanol–water partition coefficient (Wildman–Crippen LogP) is 3.29. The van der Waals surface area contributed by atoms with Gasteiger partial charge in [0.05, 0.1) is 11.9 Å². The van der Waals surface area contributed by atoms with Crippen LogP contribution in [0.15, 0.2) is 12.3 Å². The van der Waals surface area contributed by atoms with E-state index in [0.29, 0.717) is 0 Å². The second kappa shape index (κ2) is 7.50. The highest BCUT2D eigenvalue weighted by Gasteiger charge is 2.62. The van der Waals surface area contributed by atoms with Gasteiger partial charge in [-0.05, 0) is 26.2 Å². The Hall–Kier alpha value is -0.980. The van der Waals surface area contributed by atoms with Crippen LogP contribution < -0.4 is 0 Å². The summed E-state index contributed by atoms with van der Waals surface area (Å²) in [6.07, 6.45) is -2.96. The summed E-state index contributed by atoms with van der Waals surface area (Å²) in [4.78, 5) is 0. The molecule has 13 heteroatoms. The Labute approximate surface area is 135 Å². The molecule has 0 N–H and O–H groups in total. The van der Waals surface area contributed by atoms with Crippen LogP contribution in [-0.4, -0.2) is 38.5 Å². The van der Waals surface area contributed by atoms with Crippen molar-refractivity contribution in [2.24, 2.45) is 0 Å². The minimum absolute atomic E-state index is 0.0933. The fourth-order valence-corrected chi connectivity index (χ4v) is 5.21. The summed E-state index contributed by atoms with van der Waals surface area (Å²) in [5.41, 5.74) is -12.3. The van der Waals surface area contributed by atoms with Crippen molar-refractivity contribution in [3.05, 3.63) is 12.3 Å². The zero-order valence-electron chi connectivity index (χ0n) is 12.6.